The van der Waals surface area contributed by atoms with Gasteiger partial charge >= 0.3 is 0 Å². The number of anilines is 1. The summed E-state index contributed by atoms with van der Waals surface area (Å²) in [5.41, 5.74) is 0.594. The molecule has 2 heterocycles. The number of imidazole rings is 1. The topological polar surface area (TPSA) is 84.3 Å². The minimum Gasteiger partial charge on any atom is -0.329 e. The number of amides is 1. The largest absolute Gasteiger partial charge is 0.329 e. The molecule has 1 aliphatic rings. The van der Waals surface area contributed by atoms with Crippen LogP contribution in [0.5, 0.6) is 0 Å². The Morgan fingerprint density at radius 2 is 2.19 bits per heavy atom. The van der Waals surface area contributed by atoms with E-state index in [1.54, 1.807) is 18.3 Å². The van der Waals surface area contributed by atoms with Crippen molar-refractivity contribution in [1.29, 1.82) is 0 Å². The molecule has 1 aliphatic heterocycles. The van der Waals surface area contributed by atoms with E-state index >= 15 is 0 Å². The van der Waals surface area contributed by atoms with Gasteiger partial charge in [0, 0.05) is 42.4 Å². The maximum absolute atomic E-state index is 12.8. The Kier molecular flexibility index (Phi) is 6.15. The van der Waals surface area contributed by atoms with E-state index in [0.29, 0.717) is 30.1 Å². The Labute approximate surface area is 168 Å². The van der Waals surface area contributed by atoms with Crippen molar-refractivity contribution in [2.45, 2.75) is 22.9 Å². The van der Waals surface area contributed by atoms with Crippen LogP contribution in [-0.2, 0) is 21.9 Å². The van der Waals surface area contributed by atoms with Gasteiger partial charge in [0.25, 0.3) is 0 Å². The molecule has 27 heavy (non-hydrogen) atoms. The Morgan fingerprint density at radius 1 is 1.41 bits per heavy atom. The first-order chi connectivity index (χ1) is 12.7. The van der Waals surface area contributed by atoms with Crippen LogP contribution in [0, 0.1) is 5.92 Å². The Balaban J connectivity index is 1.77. The van der Waals surface area contributed by atoms with Crippen LogP contribution >= 0.6 is 23.4 Å². The number of nitrogens with one attached hydrogen (secondary N) is 1. The molecule has 1 saturated heterocycles. The number of carbonyl (C=O) groups is 1. The van der Waals surface area contributed by atoms with Crippen molar-refractivity contribution in [3.05, 3.63) is 35.6 Å². The van der Waals surface area contributed by atoms with Crippen molar-refractivity contribution in [3.8, 4) is 0 Å². The summed E-state index contributed by atoms with van der Waals surface area (Å²) in [4.78, 5) is 17.9. The number of aromatic nitrogens is 2. The van der Waals surface area contributed by atoms with Crippen LogP contribution in [-0.4, -0.2) is 47.5 Å². The Hall–Kier alpha value is -1.55. The molecule has 0 aliphatic carbocycles. The molecule has 1 fully saturated rings. The quantitative estimate of drug-likeness (QED) is 0.791. The van der Waals surface area contributed by atoms with E-state index in [4.69, 9.17) is 11.6 Å². The number of sulfonamides is 1. The van der Waals surface area contributed by atoms with E-state index < -0.39 is 15.9 Å². The van der Waals surface area contributed by atoms with Gasteiger partial charge in [-0.3, -0.25) is 4.79 Å². The third-order valence-corrected chi connectivity index (χ3v) is 7.06. The fourth-order valence-electron chi connectivity index (χ4n) is 2.93. The fraction of sp³-hybridized carbons (Fsp3) is 0.412. The molecular formula is C17H21ClN4O3S2. The van der Waals surface area contributed by atoms with E-state index in [1.165, 1.54) is 22.3 Å². The summed E-state index contributed by atoms with van der Waals surface area (Å²) in [6, 6.07) is 5.29. The third-order valence-electron chi connectivity index (χ3n) is 4.40. The van der Waals surface area contributed by atoms with Crippen LogP contribution in [0.4, 0.5) is 5.69 Å². The molecule has 1 unspecified atom stereocenters. The smallest absolute Gasteiger partial charge is 0.228 e. The highest BCUT2D eigenvalue weighted by Crippen LogP contribution is 2.34. The summed E-state index contributed by atoms with van der Waals surface area (Å²) in [5, 5.41) is 4.22. The van der Waals surface area contributed by atoms with Gasteiger partial charge in [-0.15, -0.1) is 0 Å². The standard InChI is InChI=1S/C17H21ClN4O3S2/c1-21-9-7-19-17(21)26-15-6-5-13(18)10-14(15)20-16(23)12-4-3-8-22(11-12)27(2,24)25/h5-7,9-10,12H,3-4,8,11H2,1-2H3,(H,20,23). The van der Waals surface area contributed by atoms with Gasteiger partial charge in [0.1, 0.15) is 0 Å². The first kappa shape index (κ1) is 20.2. The van der Waals surface area contributed by atoms with Gasteiger partial charge in [0.2, 0.25) is 15.9 Å². The van der Waals surface area contributed by atoms with Crippen molar-refractivity contribution in [1.82, 2.24) is 13.9 Å². The van der Waals surface area contributed by atoms with Crippen LogP contribution in [0.15, 0.2) is 40.6 Å². The number of hydrogen-bond acceptors (Lipinski definition) is 5. The highest BCUT2D eigenvalue weighted by molar-refractivity contribution is 7.99. The lowest BCUT2D eigenvalue weighted by molar-refractivity contribution is -0.120. The molecule has 1 amide bonds. The van der Waals surface area contributed by atoms with Gasteiger partial charge in [-0.1, -0.05) is 11.6 Å². The number of rotatable bonds is 5. The Bertz CT molecular complexity index is 945. The number of hydrogen-bond donors (Lipinski definition) is 1. The molecule has 0 bridgehead atoms. The van der Waals surface area contributed by atoms with Crippen LogP contribution < -0.4 is 5.32 Å². The first-order valence-corrected chi connectivity index (χ1v) is 11.5. The van der Waals surface area contributed by atoms with E-state index in [-0.39, 0.29) is 12.5 Å². The number of piperidine rings is 1. The zero-order valence-electron chi connectivity index (χ0n) is 15.1. The molecule has 7 nitrogen and oxygen atoms in total. The van der Waals surface area contributed by atoms with E-state index in [2.05, 4.69) is 10.3 Å². The van der Waals surface area contributed by atoms with Gasteiger partial charge in [-0.25, -0.2) is 17.7 Å². The van der Waals surface area contributed by atoms with Gasteiger partial charge in [-0.2, -0.15) is 0 Å². The number of nitrogens with zero attached hydrogens (tertiary/aromatic N) is 3. The second-order valence-electron chi connectivity index (χ2n) is 6.51. The minimum atomic E-state index is -3.30. The number of carbonyl (C=O) groups excluding carboxylic acids is 1. The summed E-state index contributed by atoms with van der Waals surface area (Å²) < 4.78 is 26.8. The minimum absolute atomic E-state index is 0.201. The first-order valence-electron chi connectivity index (χ1n) is 8.45. The number of benzene rings is 1. The molecule has 0 radical (unpaired) electrons. The lowest BCUT2D eigenvalue weighted by Gasteiger charge is -2.30. The lowest BCUT2D eigenvalue weighted by Crippen LogP contribution is -2.43. The molecular weight excluding hydrogens is 408 g/mol. The van der Waals surface area contributed by atoms with Crippen molar-refractivity contribution in [2.75, 3.05) is 24.7 Å². The van der Waals surface area contributed by atoms with Crippen molar-refractivity contribution in [2.24, 2.45) is 13.0 Å². The van der Waals surface area contributed by atoms with Gasteiger partial charge in [0.05, 0.1) is 17.9 Å². The fourth-order valence-corrected chi connectivity index (χ4v) is 4.88. The van der Waals surface area contributed by atoms with Gasteiger partial charge < -0.3 is 9.88 Å². The molecule has 1 aromatic heterocycles. The van der Waals surface area contributed by atoms with Crippen molar-refractivity contribution >= 4 is 45.0 Å². The van der Waals surface area contributed by atoms with Crippen LogP contribution in [0.25, 0.3) is 0 Å². The molecule has 0 spiro atoms. The van der Waals surface area contributed by atoms with Crippen molar-refractivity contribution < 1.29 is 13.2 Å². The summed E-state index contributed by atoms with van der Waals surface area (Å²) in [6.07, 6.45) is 6.04. The van der Waals surface area contributed by atoms with Crippen LogP contribution in [0.1, 0.15) is 12.8 Å². The lowest BCUT2D eigenvalue weighted by atomic mass is 9.99. The highest BCUT2D eigenvalue weighted by Gasteiger charge is 2.30. The van der Waals surface area contributed by atoms with Crippen LogP contribution in [0.3, 0.4) is 0 Å². The molecule has 1 N–H and O–H groups in total. The molecule has 0 saturated carbocycles. The molecule has 2 aromatic rings. The summed E-state index contributed by atoms with van der Waals surface area (Å²) in [6.45, 7) is 0.660. The Morgan fingerprint density at radius 3 is 2.85 bits per heavy atom. The molecule has 1 aromatic carbocycles. The summed E-state index contributed by atoms with van der Waals surface area (Å²) >= 11 is 7.54. The van der Waals surface area contributed by atoms with Gasteiger partial charge in [0.15, 0.2) is 5.16 Å². The molecule has 146 valence electrons. The molecule has 1 atom stereocenters. The zero-order chi connectivity index (χ0) is 19.6. The zero-order valence-corrected chi connectivity index (χ0v) is 17.4. The molecule has 10 heteroatoms. The number of aryl methyl sites for hydroxylation is 1. The predicted molar refractivity (Wildman–Crippen MR) is 107 cm³/mol. The molecule has 3 rings (SSSR count). The van der Waals surface area contributed by atoms with Crippen molar-refractivity contribution in [3.63, 3.8) is 0 Å². The monoisotopic (exact) mass is 428 g/mol. The van der Waals surface area contributed by atoms with Crippen LogP contribution in [0.2, 0.25) is 5.02 Å². The van der Waals surface area contributed by atoms with E-state index in [1.807, 2.05) is 23.9 Å². The summed E-state index contributed by atoms with van der Waals surface area (Å²) in [5.74, 6) is -0.592. The second-order valence-corrected chi connectivity index (χ2v) is 9.94. The number of halogens is 1. The average Bonchev–Trinajstić information content (AvgIpc) is 3.01. The maximum Gasteiger partial charge on any atom is 0.228 e. The maximum atomic E-state index is 12.8. The third kappa shape index (κ3) is 5.04. The van der Waals surface area contributed by atoms with E-state index in [9.17, 15) is 13.2 Å². The predicted octanol–water partition coefficient (Wildman–Crippen LogP) is 2.83. The van der Waals surface area contributed by atoms with Gasteiger partial charge in [-0.05, 0) is 42.8 Å². The second kappa shape index (κ2) is 8.22. The normalized spacial score (nSPS) is 18.4. The highest BCUT2D eigenvalue weighted by atomic mass is 35.5. The van der Waals surface area contributed by atoms with E-state index in [0.717, 1.165) is 10.1 Å². The summed E-state index contributed by atoms with van der Waals surface area (Å²) in [7, 11) is -1.41. The SMILES string of the molecule is Cn1ccnc1Sc1ccc(Cl)cc1NC(=O)C1CCCN(S(C)(=O)=O)C1. The average molecular weight is 429 g/mol.